The summed E-state index contributed by atoms with van der Waals surface area (Å²) in [6, 6.07) is 0. The Morgan fingerprint density at radius 3 is 2.67 bits per heavy atom. The van der Waals surface area contributed by atoms with E-state index >= 15 is 0 Å². The monoisotopic (exact) mass is 209 g/mol. The molecule has 2 rings (SSSR count). The molecule has 0 spiro atoms. The number of aliphatic hydroxyl groups excluding tert-OH is 1. The molecule has 1 saturated carbocycles. The third-order valence-electron chi connectivity index (χ3n) is 3.29. The van der Waals surface area contributed by atoms with Gasteiger partial charge in [-0.1, -0.05) is 24.5 Å². The van der Waals surface area contributed by atoms with E-state index in [0.717, 1.165) is 12.2 Å². The summed E-state index contributed by atoms with van der Waals surface area (Å²) in [5, 5.41) is 17.4. The first kappa shape index (κ1) is 10.6. The number of hydrogen-bond donors (Lipinski definition) is 1. The lowest BCUT2D eigenvalue weighted by Crippen LogP contribution is -2.13. The molecule has 1 heterocycles. The number of aromatic nitrogens is 3. The predicted octanol–water partition coefficient (Wildman–Crippen LogP) is 1.84. The smallest absolute Gasteiger partial charge is 0.112 e. The fourth-order valence-electron chi connectivity index (χ4n) is 2.52. The van der Waals surface area contributed by atoms with Crippen molar-refractivity contribution in [1.29, 1.82) is 0 Å². The standard InChI is InChI=1S/C11H19N3O/c1-2-14-11(10(8-15)12-13-14)9-6-4-3-5-7-9/h9,15H,2-8H2,1H3. The van der Waals surface area contributed by atoms with Gasteiger partial charge in [0.05, 0.1) is 12.3 Å². The molecule has 0 atom stereocenters. The van der Waals surface area contributed by atoms with Gasteiger partial charge < -0.3 is 5.11 Å². The van der Waals surface area contributed by atoms with Crippen molar-refractivity contribution in [3.8, 4) is 0 Å². The van der Waals surface area contributed by atoms with Gasteiger partial charge >= 0.3 is 0 Å². The summed E-state index contributed by atoms with van der Waals surface area (Å²) in [5.41, 5.74) is 1.96. The lowest BCUT2D eigenvalue weighted by Gasteiger charge is -2.22. The highest BCUT2D eigenvalue weighted by Gasteiger charge is 2.23. The first-order chi connectivity index (χ1) is 7.36. The molecule has 0 aromatic carbocycles. The second-order valence-corrected chi connectivity index (χ2v) is 4.23. The third-order valence-corrected chi connectivity index (χ3v) is 3.29. The topological polar surface area (TPSA) is 50.9 Å². The zero-order valence-electron chi connectivity index (χ0n) is 9.32. The van der Waals surface area contributed by atoms with E-state index in [0.29, 0.717) is 5.92 Å². The summed E-state index contributed by atoms with van der Waals surface area (Å²) in [6.45, 7) is 2.94. The van der Waals surface area contributed by atoms with Crippen molar-refractivity contribution in [2.24, 2.45) is 0 Å². The summed E-state index contributed by atoms with van der Waals surface area (Å²) < 4.78 is 1.95. The highest BCUT2D eigenvalue weighted by atomic mass is 16.3. The van der Waals surface area contributed by atoms with Crippen LogP contribution in [0.3, 0.4) is 0 Å². The molecule has 0 saturated heterocycles. The minimum atomic E-state index is 0.0197. The second kappa shape index (κ2) is 4.75. The van der Waals surface area contributed by atoms with E-state index in [1.54, 1.807) is 0 Å². The fraction of sp³-hybridized carbons (Fsp3) is 0.818. The maximum Gasteiger partial charge on any atom is 0.112 e. The van der Waals surface area contributed by atoms with Crippen LogP contribution in [0.5, 0.6) is 0 Å². The fourth-order valence-corrected chi connectivity index (χ4v) is 2.52. The van der Waals surface area contributed by atoms with Crippen LogP contribution in [0.25, 0.3) is 0 Å². The first-order valence-electron chi connectivity index (χ1n) is 5.90. The lowest BCUT2D eigenvalue weighted by atomic mass is 9.86. The van der Waals surface area contributed by atoms with E-state index in [-0.39, 0.29) is 6.61 Å². The molecule has 4 heteroatoms. The van der Waals surface area contributed by atoms with Crippen molar-refractivity contribution in [1.82, 2.24) is 15.0 Å². The summed E-state index contributed by atoms with van der Waals surface area (Å²) in [5.74, 6) is 0.566. The average Bonchev–Trinajstić information content (AvgIpc) is 2.72. The van der Waals surface area contributed by atoms with Crippen LogP contribution in [0, 0.1) is 0 Å². The molecule has 15 heavy (non-hydrogen) atoms. The molecule has 0 amide bonds. The minimum Gasteiger partial charge on any atom is -0.390 e. The Balaban J connectivity index is 2.26. The van der Waals surface area contributed by atoms with Crippen LogP contribution in [0.1, 0.15) is 56.3 Å². The Bertz CT molecular complexity index is 294. The number of nitrogens with zero attached hydrogens (tertiary/aromatic N) is 3. The van der Waals surface area contributed by atoms with Gasteiger partial charge in [-0.05, 0) is 19.8 Å². The van der Waals surface area contributed by atoms with Crippen LogP contribution in [-0.4, -0.2) is 20.1 Å². The van der Waals surface area contributed by atoms with Gasteiger partial charge in [-0.2, -0.15) is 0 Å². The van der Waals surface area contributed by atoms with Gasteiger partial charge in [0.2, 0.25) is 0 Å². The number of rotatable bonds is 3. The van der Waals surface area contributed by atoms with Crippen LogP contribution in [0.4, 0.5) is 0 Å². The molecule has 1 aromatic rings. The maximum absolute atomic E-state index is 9.24. The van der Waals surface area contributed by atoms with Crippen LogP contribution in [0.2, 0.25) is 0 Å². The summed E-state index contributed by atoms with van der Waals surface area (Å²) in [6.07, 6.45) is 6.38. The van der Waals surface area contributed by atoms with Gasteiger partial charge in [0, 0.05) is 12.5 Å². The molecular weight excluding hydrogens is 190 g/mol. The van der Waals surface area contributed by atoms with Gasteiger partial charge in [0.15, 0.2) is 0 Å². The lowest BCUT2D eigenvalue weighted by molar-refractivity contribution is 0.273. The van der Waals surface area contributed by atoms with Crippen molar-refractivity contribution in [2.75, 3.05) is 0 Å². The molecule has 4 nitrogen and oxygen atoms in total. The molecule has 1 fully saturated rings. The van der Waals surface area contributed by atoms with E-state index in [1.165, 1.54) is 37.8 Å². The van der Waals surface area contributed by atoms with Gasteiger partial charge in [0.25, 0.3) is 0 Å². The Morgan fingerprint density at radius 2 is 2.07 bits per heavy atom. The van der Waals surface area contributed by atoms with E-state index in [1.807, 2.05) is 4.68 Å². The van der Waals surface area contributed by atoms with Crippen LogP contribution >= 0.6 is 0 Å². The Labute approximate surface area is 90.3 Å². The van der Waals surface area contributed by atoms with Crippen molar-refractivity contribution in [2.45, 2.75) is 58.1 Å². The summed E-state index contributed by atoms with van der Waals surface area (Å²) in [4.78, 5) is 0. The Morgan fingerprint density at radius 1 is 1.33 bits per heavy atom. The van der Waals surface area contributed by atoms with Crippen molar-refractivity contribution in [3.05, 3.63) is 11.4 Å². The number of aryl methyl sites for hydroxylation is 1. The van der Waals surface area contributed by atoms with E-state index in [4.69, 9.17) is 0 Å². The van der Waals surface area contributed by atoms with Crippen LogP contribution < -0.4 is 0 Å². The van der Waals surface area contributed by atoms with E-state index in [2.05, 4.69) is 17.2 Å². The number of aliphatic hydroxyl groups is 1. The average molecular weight is 209 g/mol. The highest BCUT2D eigenvalue weighted by Crippen LogP contribution is 2.33. The summed E-state index contributed by atoms with van der Waals surface area (Å²) in [7, 11) is 0. The Hall–Kier alpha value is -0.900. The van der Waals surface area contributed by atoms with E-state index < -0.39 is 0 Å². The van der Waals surface area contributed by atoms with Gasteiger partial charge in [0.1, 0.15) is 5.69 Å². The quantitative estimate of drug-likeness (QED) is 0.826. The molecule has 0 bridgehead atoms. The molecule has 1 aliphatic rings. The van der Waals surface area contributed by atoms with Gasteiger partial charge in [-0.25, -0.2) is 4.68 Å². The number of hydrogen-bond acceptors (Lipinski definition) is 3. The maximum atomic E-state index is 9.24. The molecular formula is C11H19N3O. The zero-order chi connectivity index (χ0) is 10.7. The normalized spacial score (nSPS) is 18.3. The van der Waals surface area contributed by atoms with Crippen LogP contribution in [-0.2, 0) is 13.2 Å². The molecule has 0 aliphatic heterocycles. The second-order valence-electron chi connectivity index (χ2n) is 4.23. The molecule has 84 valence electrons. The zero-order valence-corrected chi connectivity index (χ0v) is 9.32. The van der Waals surface area contributed by atoms with Crippen molar-refractivity contribution in [3.63, 3.8) is 0 Å². The largest absolute Gasteiger partial charge is 0.390 e. The van der Waals surface area contributed by atoms with Crippen molar-refractivity contribution >= 4 is 0 Å². The Kier molecular flexibility index (Phi) is 3.36. The van der Waals surface area contributed by atoms with Crippen LogP contribution in [0.15, 0.2) is 0 Å². The molecule has 1 aromatic heterocycles. The third kappa shape index (κ3) is 2.04. The minimum absolute atomic E-state index is 0.0197. The van der Waals surface area contributed by atoms with Crippen molar-refractivity contribution < 1.29 is 5.11 Å². The predicted molar refractivity (Wildman–Crippen MR) is 57.4 cm³/mol. The first-order valence-corrected chi connectivity index (χ1v) is 5.90. The molecule has 1 aliphatic carbocycles. The van der Waals surface area contributed by atoms with Gasteiger partial charge in [-0.3, -0.25) is 0 Å². The molecule has 1 N–H and O–H groups in total. The SMILES string of the molecule is CCn1nnc(CO)c1C1CCCCC1. The molecule has 0 unspecified atom stereocenters. The summed E-state index contributed by atoms with van der Waals surface area (Å²) >= 11 is 0. The van der Waals surface area contributed by atoms with Gasteiger partial charge in [-0.15, -0.1) is 5.10 Å². The highest BCUT2D eigenvalue weighted by molar-refractivity contribution is 5.15. The molecule has 0 radical (unpaired) electrons. The van der Waals surface area contributed by atoms with E-state index in [9.17, 15) is 5.11 Å².